The average molecular weight is 685 g/mol. The highest BCUT2D eigenvalue weighted by atomic mass is 127. The number of halogens is 5. The van der Waals surface area contributed by atoms with Crippen LogP contribution in [0.2, 0.25) is 0 Å². The van der Waals surface area contributed by atoms with Gasteiger partial charge >= 0.3 is 18.6 Å². The lowest BCUT2D eigenvalue weighted by Gasteiger charge is -2.38. The van der Waals surface area contributed by atoms with E-state index < -0.39 is 29.9 Å². The molecule has 2 amide bonds. The van der Waals surface area contributed by atoms with Crippen molar-refractivity contribution in [2.45, 2.75) is 63.3 Å². The number of hydrogen-bond acceptors (Lipinski definition) is 4. The van der Waals surface area contributed by atoms with Gasteiger partial charge in [0.05, 0.1) is 5.69 Å². The second-order valence-corrected chi connectivity index (χ2v) is 11.7. The number of alkyl halides is 4. The molecule has 0 bridgehead atoms. The summed E-state index contributed by atoms with van der Waals surface area (Å²) in [6.45, 7) is 5.99. The van der Waals surface area contributed by atoms with Crippen LogP contribution in [0.1, 0.15) is 43.5 Å². The molecule has 0 aliphatic carbocycles. The normalized spacial score (nSPS) is 16.4. The van der Waals surface area contributed by atoms with E-state index in [9.17, 15) is 22.4 Å². The molecule has 6 nitrogen and oxygen atoms in total. The van der Waals surface area contributed by atoms with Crippen LogP contribution in [0.25, 0.3) is 0 Å². The van der Waals surface area contributed by atoms with E-state index in [1.54, 1.807) is 18.3 Å². The number of piperidine rings is 1. The molecule has 4 rings (SSSR count). The van der Waals surface area contributed by atoms with Crippen molar-refractivity contribution >= 4 is 28.6 Å². The number of hydrogen-bond donors (Lipinski definition) is 2. The van der Waals surface area contributed by atoms with Gasteiger partial charge in [-0.1, -0.05) is 42.5 Å². The van der Waals surface area contributed by atoms with Crippen LogP contribution in [-0.2, 0) is 12.0 Å². The van der Waals surface area contributed by atoms with Crippen LogP contribution < -0.4 is 15.4 Å². The highest BCUT2D eigenvalue weighted by Crippen LogP contribution is 2.36. The molecular formula is C30H33F4IN4O2. The maximum Gasteiger partial charge on any atom is 0.461 e. The zero-order valence-corrected chi connectivity index (χ0v) is 25.0. The van der Waals surface area contributed by atoms with E-state index in [1.807, 2.05) is 36.4 Å². The summed E-state index contributed by atoms with van der Waals surface area (Å²) < 4.78 is 58.9. The molecule has 2 aromatic carbocycles. The van der Waals surface area contributed by atoms with Crippen molar-refractivity contribution in [3.8, 4) is 5.75 Å². The number of nitrogens with zero attached hydrogens (tertiary/aromatic N) is 2. The van der Waals surface area contributed by atoms with E-state index in [-0.39, 0.29) is 12.5 Å². The molecule has 2 N–H and O–H groups in total. The van der Waals surface area contributed by atoms with Gasteiger partial charge in [0, 0.05) is 41.4 Å². The molecule has 220 valence electrons. The minimum atomic E-state index is -4.68. The second kappa shape index (κ2) is 13.4. The van der Waals surface area contributed by atoms with Gasteiger partial charge in [-0.2, -0.15) is 17.6 Å². The summed E-state index contributed by atoms with van der Waals surface area (Å²) in [7, 11) is 0. The standard InChI is InChI=1S/C30H33F4IN4O2/c1-20(2)39-15-13-24(14-16-39)37-28(40)38-29(18-21-7-4-3-5-8-21,26-12-11-23(35)19-36-26)22-9-6-10-25(17-22)41-30(33,34)27(31)32/h3-12,17,19-20,24,27H,13-16,18H2,1-2H3,(H2,37,38,40)/t29-/m1/s1. The Balaban J connectivity index is 1.74. The Labute approximate surface area is 251 Å². The largest absolute Gasteiger partial charge is 0.461 e. The predicted molar refractivity (Wildman–Crippen MR) is 157 cm³/mol. The van der Waals surface area contributed by atoms with Crippen LogP contribution in [0.15, 0.2) is 72.9 Å². The second-order valence-electron chi connectivity index (χ2n) is 10.4. The quantitative estimate of drug-likeness (QED) is 0.187. The first kappa shape index (κ1) is 31.0. The van der Waals surface area contributed by atoms with Crippen molar-refractivity contribution in [3.05, 3.63) is 93.3 Å². The van der Waals surface area contributed by atoms with Crippen LogP contribution in [0, 0.1) is 3.57 Å². The Morgan fingerprint density at radius 3 is 2.39 bits per heavy atom. The fourth-order valence-electron chi connectivity index (χ4n) is 5.05. The molecule has 0 spiro atoms. The summed E-state index contributed by atoms with van der Waals surface area (Å²) in [6.07, 6.45) is -5.28. The van der Waals surface area contributed by atoms with E-state index in [0.717, 1.165) is 35.1 Å². The first-order valence-electron chi connectivity index (χ1n) is 13.4. The lowest BCUT2D eigenvalue weighted by atomic mass is 9.80. The Morgan fingerprint density at radius 1 is 1.07 bits per heavy atom. The van der Waals surface area contributed by atoms with Gasteiger partial charge in [-0.3, -0.25) is 4.98 Å². The summed E-state index contributed by atoms with van der Waals surface area (Å²) in [4.78, 5) is 20.6. The molecule has 0 radical (unpaired) electrons. The van der Waals surface area contributed by atoms with E-state index >= 15 is 0 Å². The fourth-order valence-corrected chi connectivity index (χ4v) is 5.37. The zero-order chi connectivity index (χ0) is 29.6. The maximum atomic E-state index is 13.9. The molecule has 0 saturated carbocycles. The smallest absolute Gasteiger partial charge is 0.428 e. The number of benzene rings is 2. The summed E-state index contributed by atoms with van der Waals surface area (Å²) in [5, 5.41) is 6.19. The number of likely N-dealkylation sites (tertiary alicyclic amines) is 1. The number of nitrogens with one attached hydrogen (secondary N) is 2. The summed E-state index contributed by atoms with van der Waals surface area (Å²) in [5.41, 5.74) is 0.280. The van der Waals surface area contributed by atoms with Crippen molar-refractivity contribution in [1.82, 2.24) is 20.5 Å². The van der Waals surface area contributed by atoms with E-state index in [4.69, 9.17) is 0 Å². The Kier molecular flexibility index (Phi) is 10.1. The van der Waals surface area contributed by atoms with E-state index in [1.165, 1.54) is 18.2 Å². The van der Waals surface area contributed by atoms with E-state index in [2.05, 4.69) is 61.7 Å². The van der Waals surface area contributed by atoms with Crippen molar-refractivity contribution in [1.29, 1.82) is 0 Å². The Morgan fingerprint density at radius 2 is 1.78 bits per heavy atom. The molecule has 1 aromatic heterocycles. The molecule has 2 heterocycles. The maximum absolute atomic E-state index is 13.9. The Bertz CT molecular complexity index is 1290. The summed E-state index contributed by atoms with van der Waals surface area (Å²) in [5.74, 6) is -0.459. The Hall–Kier alpha value is -2.93. The lowest BCUT2D eigenvalue weighted by Crippen LogP contribution is -2.56. The average Bonchev–Trinajstić information content (AvgIpc) is 2.93. The van der Waals surface area contributed by atoms with Crippen molar-refractivity contribution < 1.29 is 27.1 Å². The van der Waals surface area contributed by atoms with Crippen LogP contribution in [-0.4, -0.2) is 53.6 Å². The fraction of sp³-hybridized carbons (Fsp3) is 0.400. The SMILES string of the molecule is CC(C)N1CCC(NC(=O)N[C@](Cc2ccccc2)(c2cccc(OC(F)(F)C(F)F)c2)c2ccc(I)cn2)CC1. The minimum absolute atomic E-state index is 0.0523. The first-order chi connectivity index (χ1) is 19.5. The minimum Gasteiger partial charge on any atom is -0.428 e. The monoisotopic (exact) mass is 684 g/mol. The number of amides is 2. The molecule has 3 aromatic rings. The van der Waals surface area contributed by atoms with Gasteiger partial charge in [0.15, 0.2) is 0 Å². The van der Waals surface area contributed by atoms with Gasteiger partial charge < -0.3 is 20.3 Å². The highest BCUT2D eigenvalue weighted by Gasteiger charge is 2.45. The molecule has 0 unspecified atom stereocenters. The van der Waals surface area contributed by atoms with Crippen LogP contribution in [0.3, 0.4) is 0 Å². The number of ether oxygens (including phenoxy) is 1. The zero-order valence-electron chi connectivity index (χ0n) is 22.8. The van der Waals surface area contributed by atoms with Gasteiger partial charge in [0.2, 0.25) is 0 Å². The van der Waals surface area contributed by atoms with Gasteiger partial charge in [0.1, 0.15) is 11.3 Å². The number of aromatic nitrogens is 1. The van der Waals surface area contributed by atoms with Crippen LogP contribution in [0.4, 0.5) is 22.4 Å². The lowest BCUT2D eigenvalue weighted by molar-refractivity contribution is -0.253. The highest BCUT2D eigenvalue weighted by molar-refractivity contribution is 14.1. The molecule has 1 atom stereocenters. The number of urea groups is 1. The third-order valence-electron chi connectivity index (χ3n) is 7.23. The predicted octanol–water partition coefficient (Wildman–Crippen LogP) is 6.58. The number of rotatable bonds is 10. The van der Waals surface area contributed by atoms with Crippen LogP contribution >= 0.6 is 22.6 Å². The summed E-state index contributed by atoms with van der Waals surface area (Å²) in [6, 6.07) is 18.3. The molecular weight excluding hydrogens is 651 g/mol. The third-order valence-corrected chi connectivity index (χ3v) is 7.87. The van der Waals surface area contributed by atoms with Gasteiger partial charge in [-0.25, -0.2) is 4.79 Å². The first-order valence-corrected chi connectivity index (χ1v) is 14.5. The van der Waals surface area contributed by atoms with E-state index in [0.29, 0.717) is 17.3 Å². The van der Waals surface area contributed by atoms with Gasteiger partial charge in [-0.15, -0.1) is 0 Å². The molecule has 1 saturated heterocycles. The third kappa shape index (κ3) is 7.88. The summed E-state index contributed by atoms with van der Waals surface area (Å²) >= 11 is 2.12. The van der Waals surface area contributed by atoms with Gasteiger partial charge in [-0.05, 0) is 84.7 Å². The molecule has 41 heavy (non-hydrogen) atoms. The molecule has 1 aliphatic rings. The van der Waals surface area contributed by atoms with Gasteiger partial charge in [0.25, 0.3) is 0 Å². The topological polar surface area (TPSA) is 66.5 Å². The molecule has 1 aliphatic heterocycles. The van der Waals surface area contributed by atoms with Crippen LogP contribution in [0.5, 0.6) is 5.75 Å². The van der Waals surface area contributed by atoms with Crippen molar-refractivity contribution in [3.63, 3.8) is 0 Å². The van der Waals surface area contributed by atoms with Crippen molar-refractivity contribution in [2.24, 2.45) is 0 Å². The number of carbonyl (C=O) groups is 1. The molecule has 11 heteroatoms. The van der Waals surface area contributed by atoms with Crippen molar-refractivity contribution in [2.75, 3.05) is 13.1 Å². The molecule has 1 fully saturated rings. The number of carbonyl (C=O) groups excluding carboxylic acids is 1. The number of pyridine rings is 1.